The van der Waals surface area contributed by atoms with Gasteiger partial charge < -0.3 is 19.9 Å². The van der Waals surface area contributed by atoms with Crippen LogP contribution in [0.3, 0.4) is 0 Å². The predicted octanol–water partition coefficient (Wildman–Crippen LogP) is 3.15. The van der Waals surface area contributed by atoms with E-state index < -0.39 is 0 Å². The zero-order chi connectivity index (χ0) is 20.1. The molecule has 3 aliphatic heterocycles. The molecular weight excluding hydrogens is 376 g/mol. The Hall–Kier alpha value is -3.19. The smallest absolute Gasteiger partial charge is 0.159 e. The lowest BCUT2D eigenvalue weighted by molar-refractivity contribution is 0.349. The van der Waals surface area contributed by atoms with Crippen LogP contribution in [0.25, 0.3) is 23.0 Å². The highest BCUT2D eigenvalue weighted by atomic mass is 16.3. The zero-order valence-corrected chi connectivity index (χ0v) is 16.6. The van der Waals surface area contributed by atoms with Crippen LogP contribution in [0.5, 0.6) is 5.75 Å². The quantitative estimate of drug-likeness (QED) is 0.703. The molecule has 5 heterocycles. The Morgan fingerprint density at radius 3 is 2.70 bits per heavy atom. The zero-order valence-electron chi connectivity index (χ0n) is 16.6. The number of aromatic hydroxyl groups is 1. The first-order chi connectivity index (χ1) is 14.7. The summed E-state index contributed by atoms with van der Waals surface area (Å²) >= 11 is 0. The van der Waals surface area contributed by atoms with Crippen LogP contribution in [0.2, 0.25) is 0 Å². The van der Waals surface area contributed by atoms with Crippen LogP contribution in [0, 0.1) is 0 Å². The number of benzene rings is 1. The summed E-state index contributed by atoms with van der Waals surface area (Å²) in [6.45, 7) is 0.885. The number of hydrogen-bond acceptors (Lipinski definition) is 6. The molecule has 0 spiro atoms. The number of anilines is 1. The van der Waals surface area contributed by atoms with Crippen molar-refractivity contribution < 1.29 is 5.11 Å². The molecule has 2 aromatic heterocycles. The monoisotopic (exact) mass is 400 g/mol. The van der Waals surface area contributed by atoms with E-state index in [0.29, 0.717) is 29.4 Å². The highest BCUT2D eigenvalue weighted by molar-refractivity contribution is 5.75. The Labute approximate surface area is 175 Å². The molecule has 152 valence electrons. The van der Waals surface area contributed by atoms with Crippen molar-refractivity contribution in [1.82, 2.24) is 25.1 Å². The van der Waals surface area contributed by atoms with Gasteiger partial charge in [-0.3, -0.25) is 0 Å². The van der Waals surface area contributed by atoms with Crippen LogP contribution in [0.1, 0.15) is 31.2 Å². The maximum atomic E-state index is 10.6. The van der Waals surface area contributed by atoms with Crippen molar-refractivity contribution in [3.05, 3.63) is 54.6 Å². The van der Waals surface area contributed by atoms with Crippen molar-refractivity contribution in [1.29, 1.82) is 0 Å². The third-order valence-electron chi connectivity index (χ3n) is 6.62. The van der Waals surface area contributed by atoms with Gasteiger partial charge in [0.15, 0.2) is 5.82 Å². The highest BCUT2D eigenvalue weighted by Gasteiger charge is 2.37. The minimum Gasteiger partial charge on any atom is -0.507 e. The summed E-state index contributed by atoms with van der Waals surface area (Å²) in [5.74, 6) is 1.14. The third kappa shape index (κ3) is 2.97. The molecule has 1 aromatic carbocycles. The molecule has 30 heavy (non-hydrogen) atoms. The molecule has 7 nitrogen and oxygen atoms in total. The van der Waals surface area contributed by atoms with Crippen molar-refractivity contribution in [2.24, 2.45) is 0 Å². The first-order valence-corrected chi connectivity index (χ1v) is 10.6. The molecule has 3 aliphatic rings. The number of imidazole rings is 1. The van der Waals surface area contributed by atoms with Gasteiger partial charge in [-0.15, -0.1) is 10.2 Å². The van der Waals surface area contributed by atoms with E-state index in [1.54, 1.807) is 18.6 Å². The summed E-state index contributed by atoms with van der Waals surface area (Å²) in [5, 5.41) is 23.5. The molecule has 2 bridgehead atoms. The largest absolute Gasteiger partial charge is 0.507 e. The SMILES string of the molecule is Oc1cc(-n2ccnc2)ccc1-c1cc2c(nn1)N(C1CC3CCC(C1)N3)CC=C2. The standard InChI is InChI=1S/C23H24N6O/c30-22-13-18(28-9-7-24-14-28)5-6-20(22)21-10-15-2-1-8-29(23(15)27-26-21)19-11-16-3-4-17(12-19)25-16/h1-2,5-7,9-10,13-14,16-17,19,25,30H,3-4,8,11-12H2. The molecule has 0 saturated carbocycles. The van der Waals surface area contributed by atoms with Gasteiger partial charge >= 0.3 is 0 Å². The van der Waals surface area contributed by atoms with Gasteiger partial charge in [0.05, 0.1) is 17.7 Å². The van der Waals surface area contributed by atoms with Crippen molar-refractivity contribution in [3.63, 3.8) is 0 Å². The van der Waals surface area contributed by atoms with E-state index in [2.05, 4.69) is 37.6 Å². The molecule has 2 saturated heterocycles. The molecule has 0 amide bonds. The van der Waals surface area contributed by atoms with Gasteiger partial charge in [-0.2, -0.15) is 0 Å². The first-order valence-electron chi connectivity index (χ1n) is 10.6. The molecule has 0 radical (unpaired) electrons. The van der Waals surface area contributed by atoms with E-state index >= 15 is 0 Å². The topological polar surface area (TPSA) is 79.1 Å². The maximum Gasteiger partial charge on any atom is 0.159 e. The minimum absolute atomic E-state index is 0.182. The fourth-order valence-electron chi connectivity index (χ4n) is 5.17. The first kappa shape index (κ1) is 17.7. The van der Waals surface area contributed by atoms with Gasteiger partial charge in [0.25, 0.3) is 0 Å². The molecule has 2 atom stereocenters. The molecule has 3 aromatic rings. The predicted molar refractivity (Wildman–Crippen MR) is 116 cm³/mol. The maximum absolute atomic E-state index is 10.6. The summed E-state index contributed by atoms with van der Waals surface area (Å²) in [4.78, 5) is 6.48. The van der Waals surface area contributed by atoms with E-state index in [9.17, 15) is 5.11 Å². The molecular formula is C23H24N6O. The van der Waals surface area contributed by atoms with Crippen molar-refractivity contribution in [3.8, 4) is 22.7 Å². The number of nitrogens with one attached hydrogen (secondary N) is 1. The average molecular weight is 400 g/mol. The lowest BCUT2D eigenvalue weighted by atomic mass is 9.96. The Morgan fingerprint density at radius 1 is 1.07 bits per heavy atom. The normalized spacial score (nSPS) is 24.8. The van der Waals surface area contributed by atoms with E-state index in [-0.39, 0.29) is 5.75 Å². The molecule has 6 rings (SSSR count). The molecule has 2 N–H and O–H groups in total. The third-order valence-corrected chi connectivity index (χ3v) is 6.62. The van der Waals surface area contributed by atoms with Crippen LogP contribution in [-0.4, -0.2) is 49.5 Å². The van der Waals surface area contributed by atoms with Gasteiger partial charge in [-0.1, -0.05) is 12.2 Å². The lowest BCUT2D eigenvalue weighted by Gasteiger charge is -2.39. The number of fused-ring (bicyclic) bond motifs is 3. The van der Waals surface area contributed by atoms with Gasteiger partial charge in [-0.25, -0.2) is 4.98 Å². The Morgan fingerprint density at radius 2 is 1.93 bits per heavy atom. The Bertz CT molecular complexity index is 1100. The summed E-state index contributed by atoms with van der Waals surface area (Å²) in [6.07, 6.45) is 14.5. The van der Waals surface area contributed by atoms with Gasteiger partial charge in [-0.05, 0) is 43.9 Å². The molecule has 0 aliphatic carbocycles. The Kier molecular flexibility index (Phi) is 4.09. The second-order valence-corrected chi connectivity index (χ2v) is 8.50. The van der Waals surface area contributed by atoms with Gasteiger partial charge in [0.1, 0.15) is 5.75 Å². The second kappa shape index (κ2) is 6.95. The lowest BCUT2D eigenvalue weighted by Crippen LogP contribution is -2.49. The van der Waals surface area contributed by atoms with Crippen LogP contribution in [0.15, 0.2) is 49.1 Å². The van der Waals surface area contributed by atoms with Crippen LogP contribution in [-0.2, 0) is 0 Å². The molecule has 7 heteroatoms. The number of piperidine rings is 1. The van der Waals surface area contributed by atoms with Crippen molar-refractivity contribution in [2.45, 2.75) is 43.8 Å². The van der Waals surface area contributed by atoms with Crippen LogP contribution in [0.4, 0.5) is 5.82 Å². The summed E-state index contributed by atoms with van der Waals surface area (Å²) in [7, 11) is 0. The average Bonchev–Trinajstić information content (AvgIpc) is 3.42. The summed E-state index contributed by atoms with van der Waals surface area (Å²) in [5.41, 5.74) is 3.28. The number of rotatable bonds is 3. The van der Waals surface area contributed by atoms with Crippen LogP contribution < -0.4 is 10.2 Å². The second-order valence-electron chi connectivity index (χ2n) is 8.50. The van der Waals surface area contributed by atoms with E-state index in [1.807, 2.05) is 29.0 Å². The fraction of sp³-hybridized carbons (Fsp3) is 0.348. The van der Waals surface area contributed by atoms with Crippen molar-refractivity contribution >= 4 is 11.9 Å². The Balaban J connectivity index is 1.31. The molecule has 2 unspecified atom stereocenters. The van der Waals surface area contributed by atoms with E-state index in [1.165, 1.54) is 25.7 Å². The summed E-state index contributed by atoms with van der Waals surface area (Å²) < 4.78 is 1.86. The number of aromatic nitrogens is 4. The van der Waals surface area contributed by atoms with E-state index in [4.69, 9.17) is 0 Å². The number of phenols is 1. The number of phenolic OH excluding ortho intramolecular Hbond substituents is 1. The van der Waals surface area contributed by atoms with Gasteiger partial charge in [0, 0.05) is 54.3 Å². The van der Waals surface area contributed by atoms with Crippen molar-refractivity contribution in [2.75, 3.05) is 11.4 Å². The van der Waals surface area contributed by atoms with Gasteiger partial charge in [0.2, 0.25) is 0 Å². The number of hydrogen-bond donors (Lipinski definition) is 2. The highest BCUT2D eigenvalue weighted by Crippen LogP contribution is 2.36. The fourth-order valence-corrected chi connectivity index (χ4v) is 5.17. The summed E-state index contributed by atoms with van der Waals surface area (Å²) in [6, 6.07) is 9.39. The number of nitrogens with zero attached hydrogens (tertiary/aromatic N) is 5. The van der Waals surface area contributed by atoms with E-state index in [0.717, 1.165) is 23.6 Å². The van der Waals surface area contributed by atoms with Crippen LogP contribution >= 0.6 is 0 Å². The molecule has 2 fully saturated rings. The minimum atomic E-state index is 0.182.